The third kappa shape index (κ3) is 2.02. The number of hydrogen-bond acceptors (Lipinski definition) is 3. The van der Waals surface area contributed by atoms with Crippen molar-refractivity contribution in [1.29, 1.82) is 0 Å². The van der Waals surface area contributed by atoms with E-state index in [1.54, 1.807) is 6.92 Å². The molecule has 0 aliphatic heterocycles. The van der Waals surface area contributed by atoms with Crippen LogP contribution in [0.2, 0.25) is 0 Å². The van der Waals surface area contributed by atoms with E-state index in [2.05, 4.69) is 0 Å². The standard InChI is InChI=1S/C10H14FNO2/c1-6-2-3-7(11)10(14)9(6)8(13)4-5-12/h2-3,8,13-14H,4-5,12H2,1H3. The van der Waals surface area contributed by atoms with E-state index in [9.17, 15) is 14.6 Å². The molecule has 0 aliphatic carbocycles. The normalized spacial score (nSPS) is 12.9. The Morgan fingerprint density at radius 3 is 2.71 bits per heavy atom. The van der Waals surface area contributed by atoms with E-state index in [0.717, 1.165) is 0 Å². The molecule has 4 N–H and O–H groups in total. The number of aliphatic hydroxyl groups excluding tert-OH is 1. The smallest absolute Gasteiger partial charge is 0.165 e. The second-order valence-electron chi connectivity index (χ2n) is 3.22. The zero-order chi connectivity index (χ0) is 10.7. The molecule has 78 valence electrons. The van der Waals surface area contributed by atoms with Gasteiger partial charge in [0.2, 0.25) is 0 Å². The van der Waals surface area contributed by atoms with Crippen molar-refractivity contribution in [3.05, 3.63) is 29.1 Å². The van der Waals surface area contributed by atoms with Gasteiger partial charge in [-0.25, -0.2) is 4.39 Å². The lowest BCUT2D eigenvalue weighted by atomic mass is 10.00. The molecular weight excluding hydrogens is 185 g/mol. The molecule has 0 spiro atoms. The number of nitrogens with two attached hydrogens (primary N) is 1. The van der Waals surface area contributed by atoms with Gasteiger partial charge in [-0.3, -0.25) is 0 Å². The van der Waals surface area contributed by atoms with E-state index in [-0.39, 0.29) is 12.1 Å². The second-order valence-corrected chi connectivity index (χ2v) is 3.22. The Balaban J connectivity index is 3.11. The highest BCUT2D eigenvalue weighted by atomic mass is 19.1. The number of phenolic OH excluding ortho intramolecular Hbond substituents is 1. The van der Waals surface area contributed by atoms with Crippen LogP contribution in [0.3, 0.4) is 0 Å². The SMILES string of the molecule is Cc1ccc(F)c(O)c1C(O)CCN. The van der Waals surface area contributed by atoms with Gasteiger partial charge in [-0.2, -0.15) is 0 Å². The summed E-state index contributed by atoms with van der Waals surface area (Å²) in [7, 11) is 0. The molecule has 0 amide bonds. The number of hydrogen-bond donors (Lipinski definition) is 3. The van der Waals surface area contributed by atoms with E-state index in [1.165, 1.54) is 12.1 Å². The van der Waals surface area contributed by atoms with Crippen molar-refractivity contribution in [2.45, 2.75) is 19.4 Å². The van der Waals surface area contributed by atoms with Crippen molar-refractivity contribution >= 4 is 0 Å². The largest absolute Gasteiger partial charge is 0.505 e. The fourth-order valence-corrected chi connectivity index (χ4v) is 1.41. The molecule has 1 rings (SSSR count). The highest BCUT2D eigenvalue weighted by molar-refractivity contribution is 5.41. The summed E-state index contributed by atoms with van der Waals surface area (Å²) in [5.74, 6) is -1.20. The van der Waals surface area contributed by atoms with Crippen LogP contribution in [0.25, 0.3) is 0 Å². The molecule has 1 unspecified atom stereocenters. The maximum absolute atomic E-state index is 13.0. The molecule has 0 bridgehead atoms. The third-order valence-corrected chi connectivity index (χ3v) is 2.16. The van der Waals surface area contributed by atoms with Crippen LogP contribution in [-0.2, 0) is 0 Å². The number of phenols is 1. The Bertz CT molecular complexity index is 328. The summed E-state index contributed by atoms with van der Waals surface area (Å²) >= 11 is 0. The summed E-state index contributed by atoms with van der Waals surface area (Å²) in [6.45, 7) is 1.99. The Labute approximate surface area is 82.0 Å². The van der Waals surface area contributed by atoms with Crippen LogP contribution in [-0.4, -0.2) is 16.8 Å². The topological polar surface area (TPSA) is 66.5 Å². The lowest BCUT2D eigenvalue weighted by Gasteiger charge is -2.14. The predicted molar refractivity (Wildman–Crippen MR) is 51.4 cm³/mol. The molecule has 0 saturated heterocycles. The molecule has 0 radical (unpaired) electrons. The van der Waals surface area contributed by atoms with Crippen LogP contribution >= 0.6 is 0 Å². The third-order valence-electron chi connectivity index (χ3n) is 2.16. The number of rotatable bonds is 3. The maximum Gasteiger partial charge on any atom is 0.165 e. The minimum absolute atomic E-state index is 0.232. The highest BCUT2D eigenvalue weighted by Gasteiger charge is 2.17. The lowest BCUT2D eigenvalue weighted by molar-refractivity contribution is 0.165. The monoisotopic (exact) mass is 199 g/mol. The van der Waals surface area contributed by atoms with E-state index in [4.69, 9.17) is 5.73 Å². The minimum atomic E-state index is -0.907. The van der Waals surface area contributed by atoms with Crippen LogP contribution in [0, 0.1) is 12.7 Å². The van der Waals surface area contributed by atoms with Crippen molar-refractivity contribution in [3.8, 4) is 5.75 Å². The Kier molecular flexibility index (Phi) is 3.43. The fraction of sp³-hybridized carbons (Fsp3) is 0.400. The Hall–Kier alpha value is -1.13. The zero-order valence-corrected chi connectivity index (χ0v) is 8.00. The molecule has 14 heavy (non-hydrogen) atoms. The number of aryl methyl sites for hydroxylation is 1. The van der Waals surface area contributed by atoms with E-state index in [1.807, 2.05) is 0 Å². The molecule has 0 saturated carbocycles. The first-order chi connectivity index (χ1) is 6.57. The molecule has 0 fully saturated rings. The molecule has 0 aromatic heterocycles. The van der Waals surface area contributed by atoms with E-state index in [0.29, 0.717) is 12.0 Å². The van der Waals surface area contributed by atoms with Crippen LogP contribution in [0.5, 0.6) is 5.75 Å². The summed E-state index contributed by atoms with van der Waals surface area (Å²) in [5, 5.41) is 19.0. The highest BCUT2D eigenvalue weighted by Crippen LogP contribution is 2.31. The molecule has 1 aromatic rings. The first kappa shape index (κ1) is 10.9. The minimum Gasteiger partial charge on any atom is -0.505 e. The van der Waals surface area contributed by atoms with Crippen molar-refractivity contribution < 1.29 is 14.6 Å². The molecule has 1 atom stereocenters. The first-order valence-corrected chi connectivity index (χ1v) is 4.44. The number of aliphatic hydroxyl groups is 1. The first-order valence-electron chi connectivity index (χ1n) is 4.44. The van der Waals surface area contributed by atoms with Crippen LogP contribution < -0.4 is 5.73 Å². The van der Waals surface area contributed by atoms with Gasteiger partial charge in [0.1, 0.15) is 0 Å². The predicted octanol–water partition coefficient (Wildman–Crippen LogP) is 1.22. The average Bonchev–Trinajstić information content (AvgIpc) is 2.13. The maximum atomic E-state index is 13.0. The number of benzene rings is 1. The molecule has 0 heterocycles. The van der Waals surface area contributed by atoms with Gasteiger partial charge in [0, 0.05) is 5.56 Å². The Morgan fingerprint density at radius 2 is 2.14 bits per heavy atom. The fourth-order valence-electron chi connectivity index (χ4n) is 1.41. The summed E-state index contributed by atoms with van der Waals surface area (Å²) in [4.78, 5) is 0. The summed E-state index contributed by atoms with van der Waals surface area (Å²) < 4.78 is 13.0. The summed E-state index contributed by atoms with van der Waals surface area (Å²) in [6, 6.07) is 2.69. The second kappa shape index (κ2) is 4.39. The van der Waals surface area contributed by atoms with Crippen molar-refractivity contribution in [2.24, 2.45) is 5.73 Å². The van der Waals surface area contributed by atoms with Crippen molar-refractivity contribution in [2.75, 3.05) is 6.54 Å². The van der Waals surface area contributed by atoms with Gasteiger partial charge in [-0.05, 0) is 31.5 Å². The molecule has 0 aliphatic rings. The van der Waals surface area contributed by atoms with E-state index < -0.39 is 17.7 Å². The molecule has 1 aromatic carbocycles. The van der Waals surface area contributed by atoms with Gasteiger partial charge < -0.3 is 15.9 Å². The molecule has 3 nitrogen and oxygen atoms in total. The molecule has 4 heteroatoms. The van der Waals surface area contributed by atoms with Crippen molar-refractivity contribution in [1.82, 2.24) is 0 Å². The lowest BCUT2D eigenvalue weighted by Crippen LogP contribution is -2.08. The van der Waals surface area contributed by atoms with Gasteiger partial charge in [0.15, 0.2) is 11.6 Å². The Morgan fingerprint density at radius 1 is 1.50 bits per heavy atom. The van der Waals surface area contributed by atoms with Gasteiger partial charge in [-0.1, -0.05) is 6.07 Å². The van der Waals surface area contributed by atoms with Gasteiger partial charge >= 0.3 is 0 Å². The van der Waals surface area contributed by atoms with Crippen molar-refractivity contribution in [3.63, 3.8) is 0 Å². The number of halogens is 1. The van der Waals surface area contributed by atoms with E-state index >= 15 is 0 Å². The van der Waals surface area contributed by atoms with Gasteiger partial charge in [-0.15, -0.1) is 0 Å². The zero-order valence-electron chi connectivity index (χ0n) is 8.00. The summed E-state index contributed by atoms with van der Waals surface area (Å²) in [6.07, 6.45) is -0.603. The van der Waals surface area contributed by atoms with Gasteiger partial charge in [0.25, 0.3) is 0 Å². The summed E-state index contributed by atoms with van der Waals surface area (Å²) in [5.41, 5.74) is 6.16. The van der Waals surface area contributed by atoms with Gasteiger partial charge in [0.05, 0.1) is 6.10 Å². The quantitative estimate of drug-likeness (QED) is 0.685. The van der Waals surface area contributed by atoms with Crippen LogP contribution in [0.1, 0.15) is 23.7 Å². The van der Waals surface area contributed by atoms with Crippen LogP contribution in [0.4, 0.5) is 4.39 Å². The average molecular weight is 199 g/mol. The molecular formula is C10H14FNO2. The number of aromatic hydroxyl groups is 1. The van der Waals surface area contributed by atoms with Crippen LogP contribution in [0.15, 0.2) is 12.1 Å².